The Balaban J connectivity index is 2.48. The van der Waals surface area contributed by atoms with Gasteiger partial charge in [0.25, 0.3) is 0 Å². The van der Waals surface area contributed by atoms with E-state index in [1.54, 1.807) is 24.3 Å². The van der Waals surface area contributed by atoms with Crippen molar-refractivity contribution in [1.29, 1.82) is 0 Å². The zero-order valence-corrected chi connectivity index (χ0v) is 12.6. The van der Waals surface area contributed by atoms with Crippen LogP contribution in [-0.4, -0.2) is 16.8 Å². The second-order valence-corrected chi connectivity index (χ2v) is 5.32. The van der Waals surface area contributed by atoms with Crippen LogP contribution in [0.5, 0.6) is 11.5 Å². The zero-order valence-electron chi connectivity index (χ0n) is 10.5. The highest BCUT2D eigenvalue weighted by Gasteiger charge is 2.09. The first kappa shape index (κ1) is 13.8. The molecule has 4 N–H and O–H groups in total. The fraction of sp³-hybridized carbons (Fsp3) is 0.143. The fourth-order valence-electron chi connectivity index (χ4n) is 1.80. The maximum absolute atomic E-state index is 9.87. The summed E-state index contributed by atoms with van der Waals surface area (Å²) >= 11 is 2.15. The Kier molecular flexibility index (Phi) is 4.04. The average molecular weight is 370 g/mol. The van der Waals surface area contributed by atoms with Crippen LogP contribution in [-0.2, 0) is 0 Å². The van der Waals surface area contributed by atoms with Gasteiger partial charge in [0, 0.05) is 6.54 Å². The van der Waals surface area contributed by atoms with E-state index in [1.807, 2.05) is 22.2 Å². The van der Waals surface area contributed by atoms with Gasteiger partial charge in [-0.1, -0.05) is 12.1 Å². The molecular formula is C14H15IN2O2. The monoisotopic (exact) mass is 370 g/mol. The first-order chi connectivity index (χ1) is 9.02. The number of nitrogens with two attached hydrogens (primary N) is 1. The van der Waals surface area contributed by atoms with E-state index in [4.69, 9.17) is 5.73 Å². The van der Waals surface area contributed by atoms with E-state index >= 15 is 0 Å². The largest absolute Gasteiger partial charge is 0.506 e. The maximum atomic E-state index is 9.87. The van der Waals surface area contributed by atoms with Crippen molar-refractivity contribution in [3.8, 4) is 22.6 Å². The Bertz CT molecular complexity index is 602. The predicted molar refractivity (Wildman–Crippen MR) is 86.7 cm³/mol. The van der Waals surface area contributed by atoms with Crippen molar-refractivity contribution in [2.24, 2.45) is 0 Å². The van der Waals surface area contributed by atoms with Gasteiger partial charge >= 0.3 is 0 Å². The van der Waals surface area contributed by atoms with Gasteiger partial charge in [-0.2, -0.15) is 0 Å². The van der Waals surface area contributed by atoms with Gasteiger partial charge in [0.05, 0.1) is 34.2 Å². The molecule has 0 radical (unpaired) electrons. The summed E-state index contributed by atoms with van der Waals surface area (Å²) in [5.74, 6) is 0.318. The van der Waals surface area contributed by atoms with Gasteiger partial charge in [0.2, 0.25) is 0 Å². The van der Waals surface area contributed by atoms with E-state index in [9.17, 15) is 10.2 Å². The topological polar surface area (TPSA) is 69.7 Å². The van der Waals surface area contributed by atoms with Crippen LogP contribution in [0.3, 0.4) is 0 Å². The smallest absolute Gasteiger partial charge is 0.139 e. The molecule has 2 rings (SSSR count). The molecule has 0 atom stereocenters. The minimum absolute atomic E-state index is 0.0758. The van der Waals surface area contributed by atoms with Gasteiger partial charge < -0.3 is 19.1 Å². The molecule has 0 saturated heterocycles. The molecule has 0 fully saturated rings. The highest BCUT2D eigenvalue weighted by atomic mass is 127. The SMILES string of the molecule is CCN(I)c1cc(-c2ccc(O)c(N)c2)ccc1O. The van der Waals surface area contributed by atoms with Crippen molar-refractivity contribution in [3.05, 3.63) is 36.4 Å². The van der Waals surface area contributed by atoms with Crippen molar-refractivity contribution in [2.45, 2.75) is 6.92 Å². The molecule has 0 aliphatic rings. The van der Waals surface area contributed by atoms with E-state index in [0.717, 1.165) is 23.4 Å². The summed E-state index contributed by atoms with van der Waals surface area (Å²) in [5.41, 5.74) is 8.64. The number of phenolic OH excluding ortho intramolecular Hbond substituents is 2. The summed E-state index contributed by atoms with van der Waals surface area (Å²) in [5, 5.41) is 19.3. The van der Waals surface area contributed by atoms with E-state index in [1.165, 1.54) is 0 Å². The molecule has 0 heterocycles. The molecule has 100 valence electrons. The Morgan fingerprint density at radius 3 is 2.21 bits per heavy atom. The molecule has 4 nitrogen and oxygen atoms in total. The van der Waals surface area contributed by atoms with Gasteiger partial charge in [-0.15, -0.1) is 0 Å². The van der Waals surface area contributed by atoms with Crippen molar-refractivity contribution in [1.82, 2.24) is 0 Å². The number of nitrogen functional groups attached to an aromatic ring is 1. The number of hydrogen-bond donors (Lipinski definition) is 3. The summed E-state index contributed by atoms with van der Waals surface area (Å²) in [6, 6.07) is 10.5. The summed E-state index contributed by atoms with van der Waals surface area (Å²) in [7, 11) is 0. The minimum Gasteiger partial charge on any atom is -0.506 e. The van der Waals surface area contributed by atoms with Crippen molar-refractivity contribution in [2.75, 3.05) is 15.4 Å². The lowest BCUT2D eigenvalue weighted by molar-refractivity contribution is 0.476. The first-order valence-electron chi connectivity index (χ1n) is 5.88. The normalized spacial score (nSPS) is 10.4. The highest BCUT2D eigenvalue weighted by molar-refractivity contribution is 14.1. The number of halogens is 1. The van der Waals surface area contributed by atoms with Crippen LogP contribution in [0.15, 0.2) is 36.4 Å². The molecule has 0 saturated carbocycles. The van der Waals surface area contributed by atoms with Crippen LogP contribution in [0, 0.1) is 0 Å². The van der Waals surface area contributed by atoms with E-state index < -0.39 is 0 Å². The summed E-state index contributed by atoms with van der Waals surface area (Å²) in [4.78, 5) is 0. The fourth-order valence-corrected chi connectivity index (χ4v) is 2.19. The quantitative estimate of drug-likeness (QED) is 0.335. The maximum Gasteiger partial charge on any atom is 0.139 e. The molecule has 2 aromatic rings. The predicted octanol–water partition coefficient (Wildman–Crippen LogP) is 3.52. The Morgan fingerprint density at radius 2 is 1.63 bits per heavy atom. The van der Waals surface area contributed by atoms with Gasteiger partial charge in [0.1, 0.15) is 11.5 Å². The molecule has 19 heavy (non-hydrogen) atoms. The van der Waals surface area contributed by atoms with Gasteiger partial charge in [0.15, 0.2) is 0 Å². The molecule has 0 amide bonds. The summed E-state index contributed by atoms with van der Waals surface area (Å²) < 4.78 is 1.93. The second-order valence-electron chi connectivity index (χ2n) is 4.16. The third-order valence-corrected chi connectivity index (χ3v) is 4.08. The molecule has 0 spiro atoms. The van der Waals surface area contributed by atoms with Crippen molar-refractivity contribution < 1.29 is 10.2 Å². The van der Waals surface area contributed by atoms with Crippen LogP contribution in [0.25, 0.3) is 11.1 Å². The van der Waals surface area contributed by atoms with Crippen LogP contribution in [0.4, 0.5) is 11.4 Å². The average Bonchev–Trinajstić information content (AvgIpc) is 2.41. The van der Waals surface area contributed by atoms with Gasteiger partial charge in [-0.25, -0.2) is 0 Å². The lowest BCUT2D eigenvalue weighted by Gasteiger charge is -2.17. The molecular weight excluding hydrogens is 355 g/mol. The molecule has 0 bridgehead atoms. The Labute approximate surface area is 126 Å². The standard InChI is InChI=1S/C14H15IN2O2/c1-2-17(15)12-8-10(4-6-14(12)19)9-3-5-13(18)11(16)7-9/h3-8,18-19H,2,16H2,1H3. The lowest BCUT2D eigenvalue weighted by Crippen LogP contribution is -2.07. The van der Waals surface area contributed by atoms with Crippen LogP contribution < -0.4 is 8.85 Å². The summed E-state index contributed by atoms with van der Waals surface area (Å²) in [6.45, 7) is 2.80. The van der Waals surface area contributed by atoms with E-state index in [-0.39, 0.29) is 11.5 Å². The Hall–Kier alpha value is -1.63. The number of benzene rings is 2. The Morgan fingerprint density at radius 1 is 1.05 bits per heavy atom. The molecule has 0 unspecified atom stereocenters. The lowest BCUT2D eigenvalue weighted by atomic mass is 10.0. The van der Waals surface area contributed by atoms with Crippen molar-refractivity contribution >= 4 is 34.2 Å². The first-order valence-corrected chi connectivity index (χ1v) is 6.84. The zero-order chi connectivity index (χ0) is 14.0. The van der Waals surface area contributed by atoms with Crippen LogP contribution >= 0.6 is 22.9 Å². The van der Waals surface area contributed by atoms with Crippen LogP contribution in [0.1, 0.15) is 6.92 Å². The number of nitrogens with zero attached hydrogens (tertiary/aromatic N) is 1. The highest BCUT2D eigenvalue weighted by Crippen LogP contribution is 2.35. The van der Waals surface area contributed by atoms with Crippen LogP contribution in [0.2, 0.25) is 0 Å². The number of rotatable bonds is 3. The van der Waals surface area contributed by atoms with E-state index in [0.29, 0.717) is 5.69 Å². The molecule has 0 aliphatic carbocycles. The number of anilines is 2. The van der Waals surface area contributed by atoms with E-state index in [2.05, 4.69) is 22.9 Å². The van der Waals surface area contributed by atoms with Crippen molar-refractivity contribution in [3.63, 3.8) is 0 Å². The second kappa shape index (κ2) is 5.56. The third kappa shape index (κ3) is 2.86. The number of aromatic hydroxyl groups is 2. The summed E-state index contributed by atoms with van der Waals surface area (Å²) in [6.07, 6.45) is 0. The minimum atomic E-state index is 0.0758. The van der Waals surface area contributed by atoms with Gasteiger partial charge in [-0.05, 0) is 42.3 Å². The molecule has 0 aromatic heterocycles. The molecule has 2 aromatic carbocycles. The molecule has 5 heteroatoms. The number of hydrogen-bond acceptors (Lipinski definition) is 4. The third-order valence-electron chi connectivity index (χ3n) is 2.88. The van der Waals surface area contributed by atoms with Gasteiger partial charge in [-0.3, -0.25) is 0 Å². The molecule has 0 aliphatic heterocycles. The number of phenols is 2.